The van der Waals surface area contributed by atoms with Gasteiger partial charge in [-0.2, -0.15) is 5.10 Å². The lowest BCUT2D eigenvalue weighted by Gasteiger charge is -2.17. The minimum atomic E-state index is -0.732. The summed E-state index contributed by atoms with van der Waals surface area (Å²) < 4.78 is 6.69. The van der Waals surface area contributed by atoms with Crippen molar-refractivity contribution in [1.82, 2.24) is 5.43 Å². The highest BCUT2D eigenvalue weighted by Gasteiger charge is 2.20. The molecular weight excluding hydrogens is 458 g/mol. The van der Waals surface area contributed by atoms with E-state index in [1.54, 1.807) is 6.92 Å². The Labute approximate surface area is 179 Å². The van der Waals surface area contributed by atoms with Gasteiger partial charge in [-0.05, 0) is 46.1 Å². The summed E-state index contributed by atoms with van der Waals surface area (Å²) in [6.07, 6.45) is 1.11. The topological polar surface area (TPSA) is 93.8 Å². The molecule has 2 aromatic carbocycles. The average Bonchev–Trinajstić information content (AvgIpc) is 3.08. The molecule has 150 valence electrons. The first-order valence-corrected chi connectivity index (χ1v) is 10.4. The number of thiophene rings is 1. The second kappa shape index (κ2) is 9.15. The molecule has 1 unspecified atom stereocenters. The molecule has 1 heterocycles. The molecule has 3 aromatic rings. The van der Waals surface area contributed by atoms with Crippen LogP contribution in [0.1, 0.15) is 23.1 Å². The summed E-state index contributed by atoms with van der Waals surface area (Å²) in [6, 6.07) is 13.0. The molecule has 0 aliphatic rings. The molecule has 7 nitrogen and oxygen atoms in total. The maximum atomic E-state index is 12.5. The molecule has 0 bridgehead atoms. The highest BCUT2D eigenvalue weighted by Crippen LogP contribution is 2.34. The molecule has 1 N–H and O–H groups in total. The van der Waals surface area contributed by atoms with Crippen LogP contribution in [0.15, 0.2) is 52.0 Å². The molecular formula is C20H18BrN3O4S. The van der Waals surface area contributed by atoms with Gasteiger partial charge in [-0.1, -0.05) is 37.3 Å². The zero-order valence-electron chi connectivity index (χ0n) is 15.7. The van der Waals surface area contributed by atoms with Gasteiger partial charge in [-0.15, -0.1) is 11.3 Å². The third kappa shape index (κ3) is 4.80. The summed E-state index contributed by atoms with van der Waals surface area (Å²) in [4.78, 5) is 24.1. The number of nitro groups is 1. The lowest BCUT2D eigenvalue weighted by Crippen LogP contribution is -2.35. The summed E-state index contributed by atoms with van der Waals surface area (Å²) in [5.74, 6) is 0.172. The molecule has 0 saturated carbocycles. The maximum Gasteiger partial charge on any atom is 0.283 e. The number of nitrogens with zero attached hydrogens (tertiary/aromatic N) is 2. The molecule has 1 atom stereocenters. The van der Waals surface area contributed by atoms with Crippen LogP contribution in [0, 0.1) is 17.0 Å². The van der Waals surface area contributed by atoms with Crippen LogP contribution in [-0.4, -0.2) is 23.1 Å². The van der Waals surface area contributed by atoms with E-state index in [1.165, 1.54) is 23.6 Å². The zero-order chi connectivity index (χ0) is 21.0. The Kier molecular flexibility index (Phi) is 6.60. The van der Waals surface area contributed by atoms with Gasteiger partial charge in [-0.3, -0.25) is 14.9 Å². The number of hydrogen-bond acceptors (Lipinski definition) is 6. The monoisotopic (exact) mass is 475 g/mol. The van der Waals surface area contributed by atoms with Crippen molar-refractivity contribution in [3.05, 3.63) is 66.8 Å². The van der Waals surface area contributed by atoms with E-state index in [9.17, 15) is 14.9 Å². The highest BCUT2D eigenvalue weighted by atomic mass is 79.9. The molecule has 0 fully saturated rings. The average molecular weight is 476 g/mol. The predicted octanol–water partition coefficient (Wildman–Crippen LogP) is 5.19. The van der Waals surface area contributed by atoms with Crippen molar-refractivity contribution >= 4 is 55.8 Å². The van der Waals surface area contributed by atoms with Crippen LogP contribution in [0.25, 0.3) is 10.8 Å². The Hall–Kier alpha value is -2.78. The molecule has 0 saturated heterocycles. The number of carbonyl (C=O) groups is 1. The first-order chi connectivity index (χ1) is 13.9. The molecule has 9 heteroatoms. The summed E-state index contributed by atoms with van der Waals surface area (Å²) in [5.41, 5.74) is 2.48. The molecule has 0 spiro atoms. The summed E-state index contributed by atoms with van der Waals surface area (Å²) in [6.45, 7) is 3.51. The smallest absolute Gasteiger partial charge is 0.283 e. The normalized spacial score (nSPS) is 12.2. The maximum absolute atomic E-state index is 12.5. The number of halogens is 1. The second-order valence-electron chi connectivity index (χ2n) is 6.20. The van der Waals surface area contributed by atoms with Crippen molar-refractivity contribution in [1.29, 1.82) is 0 Å². The van der Waals surface area contributed by atoms with E-state index >= 15 is 0 Å². The van der Waals surface area contributed by atoms with E-state index < -0.39 is 16.9 Å². The van der Waals surface area contributed by atoms with Crippen LogP contribution >= 0.6 is 27.3 Å². The Morgan fingerprint density at radius 2 is 2.14 bits per heavy atom. The Morgan fingerprint density at radius 1 is 1.38 bits per heavy atom. The third-order valence-corrected chi connectivity index (χ3v) is 6.03. The Balaban J connectivity index is 1.69. The number of aryl methyl sites for hydroxylation is 1. The number of amides is 1. The molecule has 29 heavy (non-hydrogen) atoms. The standard InChI is InChI=1S/C20H18BrN3O4S/c1-3-17(28-18-9-8-13-6-4-5-7-15(13)19(18)21)20(25)23-22-11-14-10-16(24(26)27)12(2)29-14/h4-11,17H,3H2,1-2H3,(H,23,25). The van der Waals surface area contributed by atoms with Crippen molar-refractivity contribution in [2.75, 3.05) is 0 Å². The Bertz CT molecular complexity index is 1100. The Morgan fingerprint density at radius 3 is 2.83 bits per heavy atom. The summed E-state index contributed by atoms with van der Waals surface area (Å²) in [7, 11) is 0. The lowest BCUT2D eigenvalue weighted by atomic mass is 10.1. The first-order valence-electron chi connectivity index (χ1n) is 8.82. The first kappa shape index (κ1) is 20.9. The van der Waals surface area contributed by atoms with Crippen LogP contribution < -0.4 is 10.2 Å². The fourth-order valence-corrected chi connectivity index (χ4v) is 4.21. The largest absolute Gasteiger partial charge is 0.479 e. The number of hydrogen-bond donors (Lipinski definition) is 1. The van der Waals surface area contributed by atoms with E-state index in [1.807, 2.05) is 43.3 Å². The van der Waals surface area contributed by atoms with Crippen LogP contribution in [0.5, 0.6) is 5.75 Å². The number of rotatable bonds is 7. The minimum Gasteiger partial charge on any atom is -0.479 e. The fourth-order valence-electron chi connectivity index (χ4n) is 2.75. The van der Waals surface area contributed by atoms with Crippen molar-refractivity contribution in [3.8, 4) is 5.75 Å². The van der Waals surface area contributed by atoms with Crippen molar-refractivity contribution in [3.63, 3.8) is 0 Å². The SMILES string of the molecule is CCC(Oc1ccc2ccccc2c1Br)C(=O)NN=Cc1cc([N+](=O)[O-])c(C)s1. The van der Waals surface area contributed by atoms with Crippen molar-refractivity contribution in [2.24, 2.45) is 5.10 Å². The van der Waals surface area contributed by atoms with Crippen LogP contribution in [0.2, 0.25) is 0 Å². The number of hydrazone groups is 1. The number of carbonyl (C=O) groups excluding carboxylic acids is 1. The van der Waals surface area contributed by atoms with E-state index in [0.29, 0.717) is 21.9 Å². The van der Waals surface area contributed by atoms with Gasteiger partial charge in [0.1, 0.15) is 5.75 Å². The van der Waals surface area contributed by atoms with Crippen LogP contribution in [0.3, 0.4) is 0 Å². The van der Waals surface area contributed by atoms with Gasteiger partial charge in [-0.25, -0.2) is 5.43 Å². The molecule has 0 radical (unpaired) electrons. The van der Waals surface area contributed by atoms with E-state index in [4.69, 9.17) is 4.74 Å². The van der Waals surface area contributed by atoms with E-state index in [-0.39, 0.29) is 5.69 Å². The predicted molar refractivity (Wildman–Crippen MR) is 118 cm³/mol. The number of fused-ring (bicyclic) bond motifs is 1. The van der Waals surface area contributed by atoms with E-state index in [0.717, 1.165) is 15.2 Å². The van der Waals surface area contributed by atoms with Gasteiger partial charge in [0, 0.05) is 6.07 Å². The quantitative estimate of drug-likeness (QED) is 0.289. The summed E-state index contributed by atoms with van der Waals surface area (Å²) in [5, 5.41) is 16.9. The van der Waals surface area contributed by atoms with E-state index in [2.05, 4.69) is 26.5 Å². The third-order valence-electron chi connectivity index (χ3n) is 4.23. The van der Waals surface area contributed by atoms with Crippen LogP contribution in [-0.2, 0) is 4.79 Å². The van der Waals surface area contributed by atoms with Crippen molar-refractivity contribution in [2.45, 2.75) is 26.4 Å². The van der Waals surface area contributed by atoms with Gasteiger partial charge < -0.3 is 4.74 Å². The number of benzene rings is 2. The highest BCUT2D eigenvalue weighted by molar-refractivity contribution is 9.10. The van der Waals surface area contributed by atoms with Gasteiger partial charge in [0.15, 0.2) is 6.10 Å². The fraction of sp³-hybridized carbons (Fsp3) is 0.200. The zero-order valence-corrected chi connectivity index (χ0v) is 18.1. The minimum absolute atomic E-state index is 0.0405. The van der Waals surface area contributed by atoms with Gasteiger partial charge in [0.05, 0.1) is 25.4 Å². The van der Waals surface area contributed by atoms with Gasteiger partial charge in [0.2, 0.25) is 0 Å². The van der Waals surface area contributed by atoms with Gasteiger partial charge in [0.25, 0.3) is 11.6 Å². The summed E-state index contributed by atoms with van der Waals surface area (Å²) >= 11 is 4.79. The molecule has 3 rings (SSSR count). The molecule has 1 amide bonds. The number of nitrogens with one attached hydrogen (secondary N) is 1. The van der Waals surface area contributed by atoms with Crippen LogP contribution in [0.4, 0.5) is 5.69 Å². The number of ether oxygens (including phenoxy) is 1. The lowest BCUT2D eigenvalue weighted by molar-refractivity contribution is -0.385. The molecule has 1 aromatic heterocycles. The van der Waals surface area contributed by atoms with Crippen molar-refractivity contribution < 1.29 is 14.5 Å². The second-order valence-corrected chi connectivity index (χ2v) is 8.28. The molecule has 0 aliphatic carbocycles. The van der Waals surface area contributed by atoms with Gasteiger partial charge >= 0.3 is 0 Å². The molecule has 0 aliphatic heterocycles.